The molecule has 0 saturated carbocycles. The fourth-order valence-electron chi connectivity index (χ4n) is 1.97. The maximum atomic E-state index is 10.5. The first-order valence-electron chi connectivity index (χ1n) is 5.51. The minimum atomic E-state index is -0.592. The van der Waals surface area contributed by atoms with Crippen molar-refractivity contribution in [3.63, 3.8) is 0 Å². The zero-order valence-corrected chi connectivity index (χ0v) is 10.2. The number of aliphatic hydroxyl groups is 1. The molecule has 1 heterocycles. The minimum Gasteiger partial charge on any atom is -0.384 e. The molecule has 0 spiro atoms. The zero-order valence-electron chi connectivity index (χ0n) is 9.36. The largest absolute Gasteiger partial charge is 0.384 e. The molecule has 0 amide bonds. The SMILES string of the molecule is Cc1ccc([C@]2(O)CC[C@H](C)SC2)cc1. The van der Waals surface area contributed by atoms with Gasteiger partial charge in [0.05, 0.1) is 5.60 Å². The predicted octanol–water partition coefficient (Wildman–Crippen LogP) is 3.10. The third-order valence-electron chi connectivity index (χ3n) is 3.16. The molecular formula is C13H18OS. The van der Waals surface area contributed by atoms with E-state index in [1.807, 2.05) is 11.8 Å². The molecule has 2 heteroatoms. The second-order valence-corrected chi connectivity index (χ2v) is 5.98. The summed E-state index contributed by atoms with van der Waals surface area (Å²) in [6.07, 6.45) is 2.00. The van der Waals surface area contributed by atoms with Gasteiger partial charge in [-0.2, -0.15) is 11.8 Å². The molecule has 0 aliphatic carbocycles. The Hall–Kier alpha value is -0.470. The Balaban J connectivity index is 2.18. The van der Waals surface area contributed by atoms with Crippen molar-refractivity contribution < 1.29 is 5.11 Å². The normalized spacial score (nSPS) is 31.5. The van der Waals surface area contributed by atoms with Gasteiger partial charge in [-0.25, -0.2) is 0 Å². The van der Waals surface area contributed by atoms with E-state index in [9.17, 15) is 5.11 Å². The van der Waals surface area contributed by atoms with Gasteiger partial charge in [0.15, 0.2) is 0 Å². The van der Waals surface area contributed by atoms with Gasteiger partial charge in [-0.05, 0) is 25.3 Å². The lowest BCUT2D eigenvalue weighted by Crippen LogP contribution is -2.33. The molecule has 1 nitrogen and oxygen atoms in total. The Kier molecular flexibility index (Phi) is 3.08. The molecule has 1 aromatic rings. The number of thioether (sulfide) groups is 1. The Morgan fingerprint density at radius 1 is 1.33 bits per heavy atom. The topological polar surface area (TPSA) is 20.2 Å². The van der Waals surface area contributed by atoms with Crippen LogP contribution in [0.3, 0.4) is 0 Å². The molecule has 0 radical (unpaired) electrons. The first-order chi connectivity index (χ1) is 7.10. The molecule has 0 aromatic heterocycles. The van der Waals surface area contributed by atoms with Crippen molar-refractivity contribution >= 4 is 11.8 Å². The molecule has 1 aromatic carbocycles. The van der Waals surface area contributed by atoms with Gasteiger partial charge in [-0.15, -0.1) is 0 Å². The third kappa shape index (κ3) is 2.37. The Morgan fingerprint density at radius 2 is 2.00 bits per heavy atom. The average Bonchev–Trinajstić information content (AvgIpc) is 2.24. The highest BCUT2D eigenvalue weighted by molar-refractivity contribution is 7.99. The molecule has 2 atom stereocenters. The Bertz CT molecular complexity index is 323. The van der Waals surface area contributed by atoms with Crippen LogP contribution in [0.2, 0.25) is 0 Å². The molecule has 15 heavy (non-hydrogen) atoms. The number of benzene rings is 1. The van der Waals surface area contributed by atoms with Crippen LogP contribution >= 0.6 is 11.8 Å². The molecule has 1 N–H and O–H groups in total. The van der Waals surface area contributed by atoms with E-state index in [-0.39, 0.29) is 0 Å². The molecule has 1 fully saturated rings. The van der Waals surface area contributed by atoms with Crippen LogP contribution in [-0.2, 0) is 5.60 Å². The van der Waals surface area contributed by atoms with Gasteiger partial charge >= 0.3 is 0 Å². The van der Waals surface area contributed by atoms with Crippen molar-refractivity contribution in [2.24, 2.45) is 0 Å². The number of hydrogen-bond donors (Lipinski definition) is 1. The van der Waals surface area contributed by atoms with E-state index in [0.717, 1.165) is 24.2 Å². The van der Waals surface area contributed by atoms with E-state index < -0.39 is 5.60 Å². The lowest BCUT2D eigenvalue weighted by Gasteiger charge is -2.35. The van der Waals surface area contributed by atoms with Crippen LogP contribution in [0.1, 0.15) is 30.9 Å². The van der Waals surface area contributed by atoms with E-state index in [1.54, 1.807) is 0 Å². The summed E-state index contributed by atoms with van der Waals surface area (Å²) in [5.74, 6) is 0.831. The Morgan fingerprint density at radius 3 is 2.53 bits per heavy atom. The highest BCUT2D eigenvalue weighted by Crippen LogP contribution is 2.38. The van der Waals surface area contributed by atoms with Crippen LogP contribution in [0, 0.1) is 6.92 Å². The number of aryl methyl sites for hydroxylation is 1. The summed E-state index contributed by atoms with van der Waals surface area (Å²) in [7, 11) is 0. The maximum Gasteiger partial charge on any atom is 0.0987 e. The Labute approximate surface area is 95.9 Å². The average molecular weight is 222 g/mol. The monoisotopic (exact) mass is 222 g/mol. The summed E-state index contributed by atoms with van der Waals surface area (Å²) >= 11 is 1.87. The fourth-order valence-corrected chi connectivity index (χ4v) is 3.12. The second-order valence-electron chi connectivity index (χ2n) is 4.56. The highest BCUT2D eigenvalue weighted by atomic mass is 32.2. The van der Waals surface area contributed by atoms with Gasteiger partial charge < -0.3 is 5.11 Å². The summed E-state index contributed by atoms with van der Waals surface area (Å²) in [4.78, 5) is 0. The quantitative estimate of drug-likeness (QED) is 0.788. The summed E-state index contributed by atoms with van der Waals surface area (Å²) in [5.41, 5.74) is 1.73. The van der Waals surface area contributed by atoms with Crippen LogP contribution < -0.4 is 0 Å². The van der Waals surface area contributed by atoms with Crippen molar-refractivity contribution in [3.05, 3.63) is 35.4 Å². The lowest BCUT2D eigenvalue weighted by atomic mass is 9.89. The third-order valence-corrected chi connectivity index (χ3v) is 4.61. The fraction of sp³-hybridized carbons (Fsp3) is 0.538. The second kappa shape index (κ2) is 4.18. The van der Waals surface area contributed by atoms with Crippen LogP contribution in [0.15, 0.2) is 24.3 Å². The zero-order chi connectivity index (χ0) is 10.9. The summed E-state index contributed by atoms with van der Waals surface area (Å²) in [6.45, 7) is 4.31. The van der Waals surface area contributed by atoms with Gasteiger partial charge in [0.1, 0.15) is 0 Å². The smallest absolute Gasteiger partial charge is 0.0987 e. The first kappa shape index (κ1) is 11.0. The van der Waals surface area contributed by atoms with E-state index in [1.165, 1.54) is 5.56 Å². The molecule has 0 unspecified atom stereocenters. The summed E-state index contributed by atoms with van der Waals surface area (Å²) < 4.78 is 0. The minimum absolute atomic E-state index is 0.592. The molecular weight excluding hydrogens is 204 g/mol. The van der Waals surface area contributed by atoms with E-state index in [4.69, 9.17) is 0 Å². The van der Waals surface area contributed by atoms with Crippen LogP contribution in [0.25, 0.3) is 0 Å². The molecule has 1 aliphatic heterocycles. The van der Waals surface area contributed by atoms with E-state index >= 15 is 0 Å². The molecule has 2 rings (SSSR count). The maximum absolute atomic E-state index is 10.5. The van der Waals surface area contributed by atoms with Crippen molar-refractivity contribution in [2.75, 3.05) is 5.75 Å². The predicted molar refractivity (Wildman–Crippen MR) is 66.2 cm³/mol. The molecule has 82 valence electrons. The van der Waals surface area contributed by atoms with Crippen LogP contribution in [-0.4, -0.2) is 16.1 Å². The van der Waals surface area contributed by atoms with Crippen molar-refractivity contribution in [3.8, 4) is 0 Å². The van der Waals surface area contributed by atoms with Crippen LogP contribution in [0.4, 0.5) is 0 Å². The van der Waals surface area contributed by atoms with Gasteiger partial charge in [0, 0.05) is 11.0 Å². The van der Waals surface area contributed by atoms with E-state index in [2.05, 4.69) is 38.1 Å². The molecule has 1 saturated heterocycles. The van der Waals surface area contributed by atoms with Crippen molar-refractivity contribution in [2.45, 2.75) is 37.5 Å². The lowest BCUT2D eigenvalue weighted by molar-refractivity contribution is 0.0471. The highest BCUT2D eigenvalue weighted by Gasteiger charge is 2.33. The first-order valence-corrected chi connectivity index (χ1v) is 6.56. The van der Waals surface area contributed by atoms with Gasteiger partial charge in [0.2, 0.25) is 0 Å². The number of hydrogen-bond acceptors (Lipinski definition) is 2. The van der Waals surface area contributed by atoms with E-state index in [0.29, 0.717) is 5.25 Å². The molecule has 1 aliphatic rings. The van der Waals surface area contributed by atoms with Crippen molar-refractivity contribution in [1.29, 1.82) is 0 Å². The molecule has 0 bridgehead atoms. The van der Waals surface area contributed by atoms with Gasteiger partial charge in [-0.3, -0.25) is 0 Å². The summed E-state index contributed by atoms with van der Waals surface area (Å²) in [6, 6.07) is 8.28. The van der Waals surface area contributed by atoms with Gasteiger partial charge in [0.25, 0.3) is 0 Å². The number of rotatable bonds is 1. The summed E-state index contributed by atoms with van der Waals surface area (Å²) in [5, 5.41) is 11.2. The van der Waals surface area contributed by atoms with Gasteiger partial charge in [-0.1, -0.05) is 36.8 Å². The van der Waals surface area contributed by atoms with Crippen LogP contribution in [0.5, 0.6) is 0 Å². The standard InChI is InChI=1S/C13H18OS/c1-10-3-5-12(6-4-10)13(14)8-7-11(2)15-9-13/h3-6,11,14H,7-9H2,1-2H3/t11-,13-/m0/s1. The van der Waals surface area contributed by atoms with Crippen molar-refractivity contribution in [1.82, 2.24) is 0 Å².